The molecule has 0 aromatic heterocycles. The predicted octanol–water partition coefficient (Wildman–Crippen LogP) is 1.62. The highest BCUT2D eigenvalue weighted by Gasteiger charge is 2.25. The van der Waals surface area contributed by atoms with Gasteiger partial charge in [0.15, 0.2) is 0 Å². The summed E-state index contributed by atoms with van der Waals surface area (Å²) in [5.41, 5.74) is 8.24. The molecule has 5 nitrogen and oxygen atoms in total. The van der Waals surface area contributed by atoms with Gasteiger partial charge < -0.3 is 15.7 Å². The van der Waals surface area contributed by atoms with E-state index in [4.69, 9.17) is 5.73 Å². The van der Waals surface area contributed by atoms with Crippen LogP contribution < -0.4 is 10.6 Å². The maximum absolute atomic E-state index is 12.5. The standard InChI is InChI=1S/C17H16N2O3/c18-17(22)13-5-4-12-6-7-19(15(12)10-13)16(21)9-11-2-1-3-14(20)8-11/h1-5,8,10,20H,6-7,9H2,(H2,18,22). The third kappa shape index (κ3) is 2.65. The molecule has 1 aliphatic rings. The second-order valence-corrected chi connectivity index (χ2v) is 5.35. The van der Waals surface area contributed by atoms with Crippen LogP contribution in [0.1, 0.15) is 21.5 Å². The van der Waals surface area contributed by atoms with Gasteiger partial charge in [0, 0.05) is 17.8 Å². The number of phenolic OH excluding ortho intramolecular Hbond substituents is 1. The molecule has 22 heavy (non-hydrogen) atoms. The van der Waals surface area contributed by atoms with Gasteiger partial charge in [-0.3, -0.25) is 9.59 Å². The van der Waals surface area contributed by atoms with Crippen LogP contribution in [0.15, 0.2) is 42.5 Å². The number of carbonyl (C=O) groups is 2. The molecule has 112 valence electrons. The summed E-state index contributed by atoms with van der Waals surface area (Å²) in [5, 5.41) is 9.47. The van der Waals surface area contributed by atoms with Gasteiger partial charge in [-0.05, 0) is 41.8 Å². The topological polar surface area (TPSA) is 83.6 Å². The normalized spacial score (nSPS) is 13.0. The zero-order chi connectivity index (χ0) is 15.7. The molecule has 0 radical (unpaired) electrons. The van der Waals surface area contributed by atoms with Crippen molar-refractivity contribution in [1.82, 2.24) is 0 Å². The number of rotatable bonds is 3. The summed E-state index contributed by atoms with van der Waals surface area (Å²) in [7, 11) is 0. The summed E-state index contributed by atoms with van der Waals surface area (Å²) in [6.45, 7) is 0.592. The molecule has 0 unspecified atom stereocenters. The van der Waals surface area contributed by atoms with Gasteiger partial charge in [0.25, 0.3) is 0 Å². The summed E-state index contributed by atoms with van der Waals surface area (Å²) >= 11 is 0. The number of nitrogens with zero attached hydrogens (tertiary/aromatic N) is 1. The van der Waals surface area contributed by atoms with Crippen molar-refractivity contribution in [2.45, 2.75) is 12.8 Å². The zero-order valence-corrected chi connectivity index (χ0v) is 12.0. The van der Waals surface area contributed by atoms with Crippen molar-refractivity contribution in [2.24, 2.45) is 5.73 Å². The Balaban J connectivity index is 1.84. The Hall–Kier alpha value is -2.82. The molecule has 2 aromatic carbocycles. The average Bonchev–Trinajstić information content (AvgIpc) is 2.90. The maximum Gasteiger partial charge on any atom is 0.248 e. The number of carbonyl (C=O) groups excluding carboxylic acids is 2. The van der Waals surface area contributed by atoms with E-state index in [1.165, 1.54) is 0 Å². The molecule has 1 heterocycles. The number of fused-ring (bicyclic) bond motifs is 1. The minimum absolute atomic E-state index is 0.0639. The predicted molar refractivity (Wildman–Crippen MR) is 82.8 cm³/mol. The summed E-state index contributed by atoms with van der Waals surface area (Å²) in [5.74, 6) is -0.427. The molecule has 0 spiro atoms. The molecule has 0 atom stereocenters. The Bertz CT molecular complexity index is 755. The number of phenols is 1. The fourth-order valence-corrected chi connectivity index (χ4v) is 2.73. The number of hydrogen-bond acceptors (Lipinski definition) is 3. The van der Waals surface area contributed by atoms with Gasteiger partial charge in [0.2, 0.25) is 11.8 Å². The van der Waals surface area contributed by atoms with Crippen LogP contribution in [0.5, 0.6) is 5.75 Å². The van der Waals surface area contributed by atoms with Gasteiger partial charge in [-0.25, -0.2) is 0 Å². The van der Waals surface area contributed by atoms with Gasteiger partial charge in [-0.15, -0.1) is 0 Å². The Morgan fingerprint density at radius 2 is 2.00 bits per heavy atom. The van der Waals surface area contributed by atoms with E-state index in [9.17, 15) is 14.7 Å². The summed E-state index contributed by atoms with van der Waals surface area (Å²) in [4.78, 5) is 25.5. The van der Waals surface area contributed by atoms with Crippen LogP contribution in [-0.2, 0) is 17.6 Å². The molecule has 2 aromatic rings. The van der Waals surface area contributed by atoms with E-state index >= 15 is 0 Å². The van der Waals surface area contributed by atoms with Crippen molar-refractivity contribution < 1.29 is 14.7 Å². The van der Waals surface area contributed by atoms with E-state index < -0.39 is 5.91 Å². The second kappa shape index (κ2) is 5.52. The van der Waals surface area contributed by atoms with Gasteiger partial charge in [-0.2, -0.15) is 0 Å². The minimum Gasteiger partial charge on any atom is -0.508 e. The van der Waals surface area contributed by atoms with Crippen LogP contribution in [0.3, 0.4) is 0 Å². The van der Waals surface area contributed by atoms with Crippen molar-refractivity contribution >= 4 is 17.5 Å². The fraction of sp³-hybridized carbons (Fsp3) is 0.176. The van der Waals surface area contributed by atoms with Gasteiger partial charge >= 0.3 is 0 Å². The minimum atomic E-state index is -0.505. The Kier molecular flexibility index (Phi) is 3.55. The highest BCUT2D eigenvalue weighted by Crippen LogP contribution is 2.29. The first-order chi connectivity index (χ1) is 10.5. The number of primary amides is 1. The lowest BCUT2D eigenvalue weighted by atomic mass is 10.1. The van der Waals surface area contributed by atoms with Crippen molar-refractivity contribution in [3.05, 3.63) is 59.2 Å². The molecule has 3 rings (SSSR count). The first kappa shape index (κ1) is 14.1. The highest BCUT2D eigenvalue weighted by atomic mass is 16.3. The van der Waals surface area contributed by atoms with Crippen LogP contribution in [-0.4, -0.2) is 23.5 Å². The van der Waals surface area contributed by atoms with Gasteiger partial charge in [0.1, 0.15) is 5.75 Å². The Labute approximate surface area is 128 Å². The summed E-state index contributed by atoms with van der Waals surface area (Å²) in [6, 6.07) is 11.9. The molecule has 0 saturated carbocycles. The van der Waals surface area contributed by atoms with Crippen molar-refractivity contribution in [3.63, 3.8) is 0 Å². The quantitative estimate of drug-likeness (QED) is 0.902. The van der Waals surface area contributed by atoms with Crippen LogP contribution >= 0.6 is 0 Å². The molecular weight excluding hydrogens is 280 g/mol. The van der Waals surface area contributed by atoms with Crippen molar-refractivity contribution in [2.75, 3.05) is 11.4 Å². The summed E-state index contributed by atoms with van der Waals surface area (Å²) in [6.07, 6.45) is 0.967. The van der Waals surface area contributed by atoms with E-state index in [0.717, 1.165) is 23.2 Å². The lowest BCUT2D eigenvalue weighted by Crippen LogP contribution is -2.30. The highest BCUT2D eigenvalue weighted by molar-refractivity contribution is 5.99. The van der Waals surface area contributed by atoms with Gasteiger partial charge in [0.05, 0.1) is 6.42 Å². The molecule has 1 aliphatic heterocycles. The van der Waals surface area contributed by atoms with E-state index in [2.05, 4.69) is 0 Å². The lowest BCUT2D eigenvalue weighted by molar-refractivity contribution is -0.117. The third-order valence-corrected chi connectivity index (χ3v) is 3.83. The first-order valence-electron chi connectivity index (χ1n) is 7.05. The van der Waals surface area contributed by atoms with Crippen LogP contribution in [0.4, 0.5) is 5.69 Å². The molecular formula is C17H16N2O3. The fourth-order valence-electron chi connectivity index (χ4n) is 2.73. The number of nitrogens with two attached hydrogens (primary N) is 1. The molecule has 0 saturated heterocycles. The number of amides is 2. The largest absolute Gasteiger partial charge is 0.508 e. The van der Waals surface area contributed by atoms with Gasteiger partial charge in [-0.1, -0.05) is 18.2 Å². The second-order valence-electron chi connectivity index (χ2n) is 5.35. The maximum atomic E-state index is 12.5. The van der Waals surface area contributed by atoms with Crippen LogP contribution in [0, 0.1) is 0 Å². The van der Waals surface area contributed by atoms with Crippen molar-refractivity contribution in [3.8, 4) is 5.75 Å². The SMILES string of the molecule is NC(=O)c1ccc2c(c1)N(C(=O)Cc1cccc(O)c1)CC2. The monoisotopic (exact) mass is 296 g/mol. The molecule has 0 aliphatic carbocycles. The Morgan fingerprint density at radius 3 is 2.73 bits per heavy atom. The van der Waals surface area contributed by atoms with Crippen LogP contribution in [0.2, 0.25) is 0 Å². The summed E-state index contributed by atoms with van der Waals surface area (Å²) < 4.78 is 0. The molecule has 5 heteroatoms. The van der Waals surface area contributed by atoms with E-state index in [0.29, 0.717) is 12.1 Å². The molecule has 2 amide bonds. The Morgan fingerprint density at radius 1 is 1.18 bits per heavy atom. The van der Waals surface area contributed by atoms with E-state index in [1.54, 1.807) is 41.3 Å². The smallest absolute Gasteiger partial charge is 0.248 e. The van der Waals surface area contributed by atoms with E-state index in [-0.39, 0.29) is 18.1 Å². The zero-order valence-electron chi connectivity index (χ0n) is 12.0. The van der Waals surface area contributed by atoms with Crippen LogP contribution in [0.25, 0.3) is 0 Å². The first-order valence-corrected chi connectivity index (χ1v) is 7.05. The number of benzene rings is 2. The van der Waals surface area contributed by atoms with E-state index in [1.807, 2.05) is 6.07 Å². The average molecular weight is 296 g/mol. The third-order valence-electron chi connectivity index (χ3n) is 3.83. The van der Waals surface area contributed by atoms with Crippen molar-refractivity contribution in [1.29, 1.82) is 0 Å². The number of aromatic hydroxyl groups is 1. The number of anilines is 1. The lowest BCUT2D eigenvalue weighted by Gasteiger charge is -2.18. The number of hydrogen-bond donors (Lipinski definition) is 2. The molecule has 0 bridgehead atoms. The molecule has 0 fully saturated rings. The molecule has 3 N–H and O–H groups in total.